The number of allylic oxidation sites excluding steroid dienone is 8. The molecule has 5 unspecified atom stereocenters. The van der Waals surface area contributed by atoms with Crippen molar-refractivity contribution in [3.05, 3.63) is 48.6 Å². The molecule has 1 aliphatic carbocycles. The molecule has 0 saturated heterocycles. The van der Waals surface area contributed by atoms with Crippen LogP contribution in [0.1, 0.15) is 168 Å². The third-order valence-electron chi connectivity index (χ3n) is 10.6. The molecule has 8 N–H and O–H groups in total. The van der Waals surface area contributed by atoms with Crippen molar-refractivity contribution in [2.75, 3.05) is 13.2 Å². The molecular formula is C45H81O19P3. The molecule has 0 aromatic carbocycles. The van der Waals surface area contributed by atoms with E-state index in [1.165, 1.54) is 57.8 Å². The summed E-state index contributed by atoms with van der Waals surface area (Å²) in [5, 5.41) is 31.9. The molecule has 0 aromatic heterocycles. The van der Waals surface area contributed by atoms with Crippen LogP contribution in [0.15, 0.2) is 48.6 Å². The van der Waals surface area contributed by atoms with E-state index in [1.807, 2.05) is 12.2 Å². The number of aliphatic hydroxyl groups excluding tert-OH is 3. The van der Waals surface area contributed by atoms with Gasteiger partial charge >= 0.3 is 35.4 Å². The van der Waals surface area contributed by atoms with E-state index in [0.29, 0.717) is 19.3 Å². The molecule has 67 heavy (non-hydrogen) atoms. The average molecular weight is 1020 g/mol. The number of unbranched alkanes of at least 4 members (excludes halogenated alkanes) is 16. The average Bonchev–Trinajstić information content (AvgIpc) is 3.25. The Hall–Kier alpha value is -1.89. The molecule has 0 bridgehead atoms. The van der Waals surface area contributed by atoms with Crippen molar-refractivity contribution >= 4 is 35.4 Å². The van der Waals surface area contributed by atoms with Gasteiger partial charge in [0.25, 0.3) is 0 Å². The fourth-order valence-corrected chi connectivity index (χ4v) is 9.09. The number of rotatable bonds is 40. The normalized spacial score (nSPS) is 22.0. The van der Waals surface area contributed by atoms with Crippen LogP contribution in [0, 0.1) is 0 Å². The van der Waals surface area contributed by atoms with Gasteiger partial charge in [-0.3, -0.25) is 27.7 Å². The van der Waals surface area contributed by atoms with E-state index in [1.54, 1.807) is 0 Å². The Morgan fingerprint density at radius 2 is 0.866 bits per heavy atom. The van der Waals surface area contributed by atoms with Crippen molar-refractivity contribution in [2.24, 2.45) is 0 Å². The number of hydrogen-bond acceptors (Lipinski definition) is 14. The van der Waals surface area contributed by atoms with E-state index < -0.39 is 91.3 Å². The lowest BCUT2D eigenvalue weighted by Gasteiger charge is -2.44. The van der Waals surface area contributed by atoms with Gasteiger partial charge in [0.15, 0.2) is 6.10 Å². The maximum absolute atomic E-state index is 13.1. The van der Waals surface area contributed by atoms with E-state index in [4.69, 9.17) is 18.5 Å². The van der Waals surface area contributed by atoms with Crippen LogP contribution in [0.4, 0.5) is 0 Å². The van der Waals surface area contributed by atoms with Gasteiger partial charge in [0, 0.05) is 12.8 Å². The molecule has 0 heterocycles. The number of ether oxygens (including phenoxy) is 2. The lowest BCUT2D eigenvalue weighted by Crippen LogP contribution is -2.65. The van der Waals surface area contributed by atoms with Crippen molar-refractivity contribution in [1.82, 2.24) is 0 Å². The molecule has 22 heteroatoms. The molecule has 19 nitrogen and oxygen atoms in total. The molecule has 0 spiro atoms. The molecule has 0 radical (unpaired) electrons. The minimum absolute atomic E-state index is 0.0213. The third-order valence-corrected chi connectivity index (χ3v) is 12.6. The van der Waals surface area contributed by atoms with Gasteiger partial charge in [-0.2, -0.15) is 0 Å². The summed E-state index contributed by atoms with van der Waals surface area (Å²) < 4.78 is 65.4. The number of phosphoric ester groups is 3. The van der Waals surface area contributed by atoms with Crippen LogP contribution in [-0.2, 0) is 50.9 Å². The Labute approximate surface area is 397 Å². The Bertz CT molecular complexity index is 1590. The lowest BCUT2D eigenvalue weighted by molar-refractivity contribution is -0.213. The summed E-state index contributed by atoms with van der Waals surface area (Å²) in [6, 6.07) is 0. The highest BCUT2D eigenvalue weighted by atomic mass is 31.2. The number of esters is 2. The zero-order chi connectivity index (χ0) is 50.0. The highest BCUT2D eigenvalue weighted by Crippen LogP contribution is 2.51. The predicted molar refractivity (Wildman–Crippen MR) is 252 cm³/mol. The van der Waals surface area contributed by atoms with E-state index in [0.717, 1.165) is 64.2 Å². The Balaban J connectivity index is 2.77. The molecule has 390 valence electrons. The van der Waals surface area contributed by atoms with Crippen molar-refractivity contribution < 1.29 is 90.6 Å². The van der Waals surface area contributed by atoms with Gasteiger partial charge in [0.05, 0.1) is 6.61 Å². The summed E-state index contributed by atoms with van der Waals surface area (Å²) in [7, 11) is -16.6. The van der Waals surface area contributed by atoms with E-state index >= 15 is 0 Å². The SMILES string of the molecule is CCCCCC=CCC=CCC=CCCCCC(=O)OC[C@H](COP(=O)(O)O[C@H]1C(O)C(O)C(OP(=O)(O)O)[C@@H](OP(=O)(O)O)C1O)OC(=O)CCCCCCCC=CCCCCCCCC. The smallest absolute Gasteiger partial charge is 0.462 e. The second-order valence-corrected chi connectivity index (χ2v) is 20.5. The zero-order valence-electron chi connectivity index (χ0n) is 39.5. The highest BCUT2D eigenvalue weighted by molar-refractivity contribution is 7.47. The van der Waals surface area contributed by atoms with Crippen LogP contribution in [0.2, 0.25) is 0 Å². The maximum Gasteiger partial charge on any atom is 0.472 e. The van der Waals surface area contributed by atoms with Crippen LogP contribution in [0.5, 0.6) is 0 Å². The quantitative estimate of drug-likeness (QED) is 0.0123. The first kappa shape index (κ1) is 63.1. The van der Waals surface area contributed by atoms with Crippen LogP contribution in [0.3, 0.4) is 0 Å². The predicted octanol–water partition coefficient (Wildman–Crippen LogP) is 8.62. The first-order valence-corrected chi connectivity index (χ1v) is 28.5. The third kappa shape index (κ3) is 33.4. The summed E-state index contributed by atoms with van der Waals surface area (Å²) in [5.41, 5.74) is 0. The fraction of sp³-hybridized carbons (Fsp3) is 0.778. The van der Waals surface area contributed by atoms with E-state index in [9.17, 15) is 63.1 Å². The van der Waals surface area contributed by atoms with Crippen molar-refractivity contribution in [1.29, 1.82) is 0 Å². The molecule has 1 aliphatic rings. The minimum Gasteiger partial charge on any atom is -0.462 e. The van der Waals surface area contributed by atoms with E-state index in [2.05, 4.69) is 59.4 Å². The molecular weight excluding hydrogens is 937 g/mol. The summed E-state index contributed by atoms with van der Waals surface area (Å²) in [5.74, 6) is -1.35. The molecule has 0 aliphatic heterocycles. The fourth-order valence-electron chi connectivity index (χ4n) is 6.99. The lowest BCUT2D eigenvalue weighted by atomic mass is 9.85. The van der Waals surface area contributed by atoms with Gasteiger partial charge in [-0.05, 0) is 77.0 Å². The molecule has 1 fully saturated rings. The van der Waals surface area contributed by atoms with Gasteiger partial charge in [0.2, 0.25) is 0 Å². The van der Waals surface area contributed by atoms with Gasteiger partial charge in [0.1, 0.15) is 43.2 Å². The van der Waals surface area contributed by atoms with Crippen LogP contribution in [0.25, 0.3) is 0 Å². The molecule has 1 saturated carbocycles. The van der Waals surface area contributed by atoms with Gasteiger partial charge in [-0.15, -0.1) is 0 Å². The summed E-state index contributed by atoms with van der Waals surface area (Å²) in [6.07, 6.45) is 22.8. The van der Waals surface area contributed by atoms with Crippen LogP contribution in [-0.4, -0.2) is 108 Å². The monoisotopic (exact) mass is 1020 g/mol. The standard InChI is InChI=1S/C45H81O19P3/c1-3-5-7-9-11-13-15-17-19-21-23-25-27-29-31-33-38(46)59-35-37(61-39(47)34-32-30-28-26-24-22-20-18-16-14-12-10-8-6-4-2)36-60-67(57,58)64-43-40(48)41(49)44(62-65(51,52)53)45(42(43)50)63-66(54,55)56/h11,13,17-20,23,25,37,40-45,48-50H,3-10,12,14-16,21-22,24,26-36H2,1-2H3,(H,57,58)(H2,51,52,53)(H2,54,55,56)/t37-,40?,41?,42?,43+,44?,45+/m1/s1. The number of carbonyl (C=O) groups excluding carboxylic acids is 2. The molecule has 0 amide bonds. The Kier molecular flexibility index (Phi) is 34.8. The molecule has 0 aromatic rings. The molecule has 1 rings (SSSR count). The van der Waals surface area contributed by atoms with Gasteiger partial charge < -0.3 is 49.3 Å². The van der Waals surface area contributed by atoms with E-state index in [-0.39, 0.29) is 12.8 Å². The molecule has 8 atom stereocenters. The number of carbonyl (C=O) groups is 2. The van der Waals surface area contributed by atoms with Crippen molar-refractivity contribution in [3.8, 4) is 0 Å². The van der Waals surface area contributed by atoms with Crippen molar-refractivity contribution in [3.63, 3.8) is 0 Å². The highest BCUT2D eigenvalue weighted by Gasteiger charge is 2.56. The minimum atomic E-state index is -5.61. The van der Waals surface area contributed by atoms with Crippen LogP contribution >= 0.6 is 23.5 Å². The number of hydrogen-bond donors (Lipinski definition) is 8. The van der Waals surface area contributed by atoms with Gasteiger partial charge in [-0.1, -0.05) is 127 Å². The number of phosphoric acid groups is 3. The number of aliphatic hydroxyl groups is 3. The summed E-state index contributed by atoms with van der Waals surface area (Å²) >= 11 is 0. The second-order valence-electron chi connectivity index (χ2n) is 16.7. The zero-order valence-corrected chi connectivity index (χ0v) is 42.1. The summed E-state index contributed by atoms with van der Waals surface area (Å²) in [6.45, 7) is 2.86. The Morgan fingerprint density at radius 1 is 0.478 bits per heavy atom. The van der Waals surface area contributed by atoms with Crippen LogP contribution < -0.4 is 0 Å². The van der Waals surface area contributed by atoms with Crippen molar-refractivity contribution in [2.45, 2.75) is 211 Å². The van der Waals surface area contributed by atoms with Gasteiger partial charge in [-0.25, -0.2) is 13.7 Å². The first-order valence-electron chi connectivity index (χ1n) is 23.9. The second kappa shape index (κ2) is 37.0. The summed E-state index contributed by atoms with van der Waals surface area (Å²) in [4.78, 5) is 73.2. The largest absolute Gasteiger partial charge is 0.472 e. The first-order chi connectivity index (χ1) is 31.8. The maximum atomic E-state index is 13.1. The topological polar surface area (TPSA) is 303 Å². The Morgan fingerprint density at radius 3 is 1.40 bits per heavy atom.